The van der Waals surface area contributed by atoms with Crippen LogP contribution in [0, 0.1) is 6.07 Å². The number of nitrogens with one attached hydrogen (secondary N) is 2. The predicted molar refractivity (Wildman–Crippen MR) is 69.5 cm³/mol. The summed E-state index contributed by atoms with van der Waals surface area (Å²) in [5, 5.41) is 6.88. The van der Waals surface area contributed by atoms with Gasteiger partial charge in [0.2, 0.25) is 0 Å². The number of hydrogen-bond donors (Lipinski definition) is 2. The minimum Gasteiger partial charge on any atom is -0.297 e. The third kappa shape index (κ3) is 2.09. The van der Waals surface area contributed by atoms with Crippen LogP contribution in [0.15, 0.2) is 48.5 Å². The van der Waals surface area contributed by atoms with Gasteiger partial charge in [-0.25, -0.2) is 0 Å². The maximum atomic E-state index is 3.44. The van der Waals surface area contributed by atoms with Crippen molar-refractivity contribution < 1.29 is 0 Å². The summed E-state index contributed by atoms with van der Waals surface area (Å²) in [5.41, 5.74) is 3.70. The van der Waals surface area contributed by atoms with E-state index in [0.29, 0.717) is 0 Å². The molecule has 3 rings (SSSR count). The molecule has 0 atom stereocenters. The van der Waals surface area contributed by atoms with Gasteiger partial charge < -0.3 is 0 Å². The van der Waals surface area contributed by atoms with Crippen molar-refractivity contribution in [3.8, 4) is 11.1 Å². The molecule has 1 radical (unpaired) electrons. The van der Waals surface area contributed by atoms with Gasteiger partial charge in [0.05, 0.1) is 6.17 Å². The second kappa shape index (κ2) is 4.70. The fraction of sp³-hybridized carbons (Fsp3) is 0.200. The summed E-state index contributed by atoms with van der Waals surface area (Å²) >= 11 is 0. The Bertz CT molecular complexity index is 487. The summed E-state index contributed by atoms with van der Waals surface area (Å²) in [6.45, 7) is 2.03. The molecule has 2 aromatic carbocycles. The molecule has 85 valence electrons. The summed E-state index contributed by atoms with van der Waals surface area (Å²) in [5.74, 6) is 0. The van der Waals surface area contributed by atoms with E-state index in [0.717, 1.165) is 13.1 Å². The second-order valence-corrected chi connectivity index (χ2v) is 4.20. The summed E-state index contributed by atoms with van der Waals surface area (Å²) in [6, 6.07) is 20.0. The van der Waals surface area contributed by atoms with E-state index in [1.165, 1.54) is 16.7 Å². The average molecular weight is 223 g/mol. The van der Waals surface area contributed by atoms with Crippen molar-refractivity contribution in [2.24, 2.45) is 0 Å². The Labute approximate surface area is 102 Å². The highest BCUT2D eigenvalue weighted by Gasteiger charge is 2.18. The number of rotatable bonds is 2. The molecule has 1 aliphatic rings. The standard InChI is InChI=1S/C15H15N2/c1-2-6-12(7-3-1)13-8-4-5-9-14(13)15-16-10-11-17-15/h1-8,15-17H,10-11H2. The Morgan fingerprint density at radius 3 is 2.47 bits per heavy atom. The van der Waals surface area contributed by atoms with E-state index >= 15 is 0 Å². The highest BCUT2D eigenvalue weighted by Crippen LogP contribution is 2.27. The van der Waals surface area contributed by atoms with Gasteiger partial charge in [0, 0.05) is 13.1 Å². The number of benzene rings is 2. The van der Waals surface area contributed by atoms with E-state index in [-0.39, 0.29) is 6.17 Å². The Kier molecular flexibility index (Phi) is 2.90. The van der Waals surface area contributed by atoms with Crippen molar-refractivity contribution in [2.45, 2.75) is 6.17 Å². The van der Waals surface area contributed by atoms with Crippen LogP contribution < -0.4 is 10.6 Å². The van der Waals surface area contributed by atoms with Gasteiger partial charge in [-0.05, 0) is 22.8 Å². The van der Waals surface area contributed by atoms with Crippen molar-refractivity contribution in [2.75, 3.05) is 13.1 Å². The molecule has 17 heavy (non-hydrogen) atoms. The van der Waals surface area contributed by atoms with Gasteiger partial charge in [-0.1, -0.05) is 48.5 Å². The smallest absolute Gasteiger partial charge is 0.0848 e. The van der Waals surface area contributed by atoms with Gasteiger partial charge in [0.15, 0.2) is 0 Å². The van der Waals surface area contributed by atoms with E-state index in [9.17, 15) is 0 Å². The topological polar surface area (TPSA) is 24.1 Å². The van der Waals surface area contributed by atoms with Crippen molar-refractivity contribution in [3.63, 3.8) is 0 Å². The minimum absolute atomic E-state index is 0.228. The van der Waals surface area contributed by atoms with Crippen LogP contribution in [0.1, 0.15) is 11.7 Å². The van der Waals surface area contributed by atoms with Crippen LogP contribution in [0.4, 0.5) is 0 Å². The lowest BCUT2D eigenvalue weighted by atomic mass is 9.98. The lowest BCUT2D eigenvalue weighted by Crippen LogP contribution is -2.21. The molecule has 0 saturated carbocycles. The largest absolute Gasteiger partial charge is 0.297 e. The molecule has 0 spiro atoms. The summed E-state index contributed by atoms with van der Waals surface area (Å²) in [6.07, 6.45) is 0.228. The first-order chi connectivity index (χ1) is 8.45. The second-order valence-electron chi connectivity index (χ2n) is 4.20. The van der Waals surface area contributed by atoms with E-state index in [4.69, 9.17) is 0 Å². The number of hydrogen-bond acceptors (Lipinski definition) is 2. The van der Waals surface area contributed by atoms with Gasteiger partial charge in [-0.2, -0.15) is 0 Å². The lowest BCUT2D eigenvalue weighted by molar-refractivity contribution is 0.589. The van der Waals surface area contributed by atoms with Crippen LogP contribution >= 0.6 is 0 Å². The van der Waals surface area contributed by atoms with Crippen LogP contribution in [-0.2, 0) is 0 Å². The lowest BCUT2D eigenvalue weighted by Gasteiger charge is -2.15. The molecule has 1 aliphatic heterocycles. The quantitative estimate of drug-likeness (QED) is 0.816. The van der Waals surface area contributed by atoms with Gasteiger partial charge >= 0.3 is 0 Å². The monoisotopic (exact) mass is 223 g/mol. The fourth-order valence-corrected chi connectivity index (χ4v) is 2.27. The van der Waals surface area contributed by atoms with Gasteiger partial charge in [0.1, 0.15) is 0 Å². The molecule has 0 aromatic heterocycles. The first-order valence-electron chi connectivity index (χ1n) is 5.98. The van der Waals surface area contributed by atoms with Crippen molar-refractivity contribution in [1.82, 2.24) is 10.6 Å². The van der Waals surface area contributed by atoms with E-state index in [2.05, 4.69) is 47.0 Å². The highest BCUT2D eigenvalue weighted by atomic mass is 15.2. The van der Waals surface area contributed by atoms with Gasteiger partial charge in [-0.15, -0.1) is 0 Å². The zero-order valence-electron chi connectivity index (χ0n) is 9.61. The zero-order valence-corrected chi connectivity index (χ0v) is 9.61. The molecule has 0 bridgehead atoms. The third-order valence-corrected chi connectivity index (χ3v) is 3.08. The summed E-state index contributed by atoms with van der Waals surface area (Å²) in [7, 11) is 0. The molecule has 0 aliphatic carbocycles. The molecule has 0 amide bonds. The zero-order chi connectivity index (χ0) is 11.5. The van der Waals surface area contributed by atoms with Crippen LogP contribution in [0.5, 0.6) is 0 Å². The van der Waals surface area contributed by atoms with Gasteiger partial charge in [-0.3, -0.25) is 10.6 Å². The van der Waals surface area contributed by atoms with Crippen molar-refractivity contribution in [1.29, 1.82) is 0 Å². The molecular weight excluding hydrogens is 208 g/mol. The predicted octanol–water partition coefficient (Wildman–Crippen LogP) is 2.35. The van der Waals surface area contributed by atoms with Crippen LogP contribution in [-0.4, -0.2) is 13.1 Å². The molecule has 2 heteroatoms. The third-order valence-electron chi connectivity index (χ3n) is 3.08. The molecule has 2 N–H and O–H groups in total. The van der Waals surface area contributed by atoms with Crippen molar-refractivity contribution in [3.05, 3.63) is 60.2 Å². The fourth-order valence-electron chi connectivity index (χ4n) is 2.27. The van der Waals surface area contributed by atoms with Gasteiger partial charge in [0.25, 0.3) is 0 Å². The van der Waals surface area contributed by atoms with E-state index in [1.54, 1.807) is 0 Å². The first-order valence-corrected chi connectivity index (χ1v) is 5.98. The highest BCUT2D eigenvalue weighted by molar-refractivity contribution is 5.67. The Morgan fingerprint density at radius 2 is 1.71 bits per heavy atom. The molecule has 2 aromatic rings. The maximum Gasteiger partial charge on any atom is 0.0848 e. The minimum atomic E-state index is 0.228. The molecule has 0 unspecified atom stereocenters. The molecular formula is C15H15N2. The normalized spacial score (nSPS) is 16.2. The maximum absolute atomic E-state index is 3.44. The van der Waals surface area contributed by atoms with Crippen LogP contribution in [0.2, 0.25) is 0 Å². The Morgan fingerprint density at radius 1 is 0.941 bits per heavy atom. The Balaban J connectivity index is 2.04. The van der Waals surface area contributed by atoms with Crippen molar-refractivity contribution >= 4 is 0 Å². The van der Waals surface area contributed by atoms with E-state index in [1.807, 2.05) is 18.2 Å². The van der Waals surface area contributed by atoms with E-state index < -0.39 is 0 Å². The molecule has 1 heterocycles. The average Bonchev–Trinajstić information content (AvgIpc) is 2.94. The molecule has 2 nitrogen and oxygen atoms in total. The Hall–Kier alpha value is -1.64. The van der Waals surface area contributed by atoms with Crippen LogP contribution in [0.25, 0.3) is 11.1 Å². The van der Waals surface area contributed by atoms with Crippen LogP contribution in [0.3, 0.4) is 0 Å². The molecule has 1 fully saturated rings. The first kappa shape index (κ1) is 10.5. The summed E-state index contributed by atoms with van der Waals surface area (Å²) in [4.78, 5) is 0. The summed E-state index contributed by atoms with van der Waals surface area (Å²) < 4.78 is 0. The SMILES string of the molecule is [c]1cccc(-c2ccccc2)c1C1NCCN1. The molecule has 1 saturated heterocycles.